The molecule has 0 spiro atoms. The van der Waals surface area contributed by atoms with Crippen molar-refractivity contribution in [3.8, 4) is 0 Å². The second-order valence-corrected chi connectivity index (χ2v) is 5.47. The van der Waals surface area contributed by atoms with Gasteiger partial charge in [-0.2, -0.15) is 0 Å². The van der Waals surface area contributed by atoms with Gasteiger partial charge in [0.15, 0.2) is 0 Å². The number of rotatable bonds is 3. The summed E-state index contributed by atoms with van der Waals surface area (Å²) >= 11 is 1.32. The average molecular weight is 268 g/mol. The van der Waals surface area contributed by atoms with Gasteiger partial charge in [0.05, 0.1) is 5.51 Å². The first-order chi connectivity index (χ1) is 8.56. The zero-order valence-corrected chi connectivity index (χ0v) is 11.0. The van der Waals surface area contributed by atoms with Crippen LogP contribution in [-0.4, -0.2) is 27.5 Å². The van der Waals surface area contributed by atoms with Crippen molar-refractivity contribution in [1.29, 1.82) is 0 Å². The number of carboxylic acid groups (broad SMARTS) is 1. The first-order valence-corrected chi connectivity index (χ1v) is 6.94. The summed E-state index contributed by atoms with van der Waals surface area (Å²) in [6.07, 6.45) is 3.15. The molecule has 0 aromatic carbocycles. The van der Waals surface area contributed by atoms with Gasteiger partial charge in [-0.25, -0.2) is 9.78 Å². The van der Waals surface area contributed by atoms with E-state index in [-0.39, 0.29) is 5.92 Å². The molecule has 2 atom stereocenters. The highest BCUT2D eigenvalue weighted by molar-refractivity contribution is 7.07. The number of nitrogens with zero attached hydrogens (tertiary/aromatic N) is 1. The van der Waals surface area contributed by atoms with Gasteiger partial charge in [0, 0.05) is 5.38 Å². The fourth-order valence-electron chi connectivity index (χ4n) is 2.50. The molecule has 1 aliphatic carbocycles. The molecule has 98 valence electrons. The summed E-state index contributed by atoms with van der Waals surface area (Å²) < 4.78 is 0. The third-order valence-electron chi connectivity index (χ3n) is 3.68. The number of aromatic nitrogens is 1. The van der Waals surface area contributed by atoms with E-state index in [2.05, 4.69) is 10.3 Å². The van der Waals surface area contributed by atoms with E-state index in [4.69, 9.17) is 0 Å². The molecule has 1 saturated carbocycles. The van der Waals surface area contributed by atoms with Crippen LogP contribution in [0.15, 0.2) is 10.9 Å². The average Bonchev–Trinajstić information content (AvgIpc) is 2.85. The number of thiazole rings is 1. The van der Waals surface area contributed by atoms with Crippen molar-refractivity contribution in [2.45, 2.75) is 38.1 Å². The fourth-order valence-corrected chi connectivity index (χ4v) is 3.03. The molecule has 0 bridgehead atoms. The highest BCUT2D eigenvalue weighted by Crippen LogP contribution is 2.34. The molecule has 1 aliphatic rings. The molecule has 0 radical (unpaired) electrons. The van der Waals surface area contributed by atoms with Crippen LogP contribution in [0.5, 0.6) is 0 Å². The van der Waals surface area contributed by atoms with Crippen molar-refractivity contribution in [1.82, 2.24) is 10.3 Å². The summed E-state index contributed by atoms with van der Waals surface area (Å²) in [5.74, 6) is -1.41. The molecule has 1 heterocycles. The van der Waals surface area contributed by atoms with Crippen LogP contribution in [0.1, 0.15) is 43.1 Å². The summed E-state index contributed by atoms with van der Waals surface area (Å²) in [7, 11) is 0. The number of carboxylic acids is 1. The molecule has 1 fully saturated rings. The van der Waals surface area contributed by atoms with E-state index in [1.165, 1.54) is 11.3 Å². The summed E-state index contributed by atoms with van der Waals surface area (Å²) in [6, 6.07) is 0. The topological polar surface area (TPSA) is 79.3 Å². The molecule has 2 rings (SSSR count). The monoisotopic (exact) mass is 268 g/mol. The number of hydrogen-bond acceptors (Lipinski definition) is 4. The second-order valence-electron chi connectivity index (χ2n) is 4.75. The zero-order valence-electron chi connectivity index (χ0n) is 10.2. The molecule has 2 N–H and O–H groups in total. The maximum atomic E-state index is 12.0. The van der Waals surface area contributed by atoms with Gasteiger partial charge in [0.1, 0.15) is 11.2 Å². The Hall–Kier alpha value is -1.43. The Morgan fingerprint density at radius 3 is 2.89 bits per heavy atom. The summed E-state index contributed by atoms with van der Waals surface area (Å²) in [6.45, 7) is 1.88. The molecule has 18 heavy (non-hydrogen) atoms. The normalized spacial score (nSPS) is 27.7. The third kappa shape index (κ3) is 2.25. The Morgan fingerprint density at radius 1 is 1.56 bits per heavy atom. The minimum absolute atomic E-state index is 0.0636. The highest BCUT2D eigenvalue weighted by atomic mass is 32.1. The van der Waals surface area contributed by atoms with Crippen molar-refractivity contribution in [2.24, 2.45) is 5.92 Å². The van der Waals surface area contributed by atoms with E-state index < -0.39 is 17.4 Å². The number of amides is 1. The van der Waals surface area contributed by atoms with Crippen LogP contribution < -0.4 is 5.32 Å². The van der Waals surface area contributed by atoms with Gasteiger partial charge in [-0.1, -0.05) is 19.8 Å². The first kappa shape index (κ1) is 13.0. The summed E-state index contributed by atoms with van der Waals surface area (Å²) in [4.78, 5) is 27.5. The van der Waals surface area contributed by atoms with Crippen molar-refractivity contribution in [2.75, 3.05) is 0 Å². The standard InChI is InChI=1S/C12H16N2O3S/c1-8-4-2-3-5-12(8,11(16)17)14-10(15)9-6-18-7-13-9/h6-8H,2-5H2,1H3,(H,14,15)(H,16,17). The minimum atomic E-state index is -1.14. The Morgan fingerprint density at radius 2 is 2.33 bits per heavy atom. The van der Waals surface area contributed by atoms with Gasteiger partial charge in [-0.05, 0) is 18.8 Å². The first-order valence-electron chi connectivity index (χ1n) is 6.00. The lowest BCUT2D eigenvalue weighted by Gasteiger charge is -2.39. The van der Waals surface area contributed by atoms with Crippen molar-refractivity contribution in [3.05, 3.63) is 16.6 Å². The molecule has 5 nitrogen and oxygen atoms in total. The van der Waals surface area contributed by atoms with Gasteiger partial charge < -0.3 is 10.4 Å². The second kappa shape index (κ2) is 5.06. The van der Waals surface area contributed by atoms with E-state index in [0.29, 0.717) is 12.1 Å². The van der Waals surface area contributed by atoms with Crippen molar-refractivity contribution < 1.29 is 14.7 Å². The summed E-state index contributed by atoms with van der Waals surface area (Å²) in [5.41, 5.74) is 0.712. The highest BCUT2D eigenvalue weighted by Gasteiger charge is 2.46. The van der Waals surface area contributed by atoms with E-state index >= 15 is 0 Å². The molecule has 1 aromatic rings. The molecule has 2 unspecified atom stereocenters. The molecule has 1 aromatic heterocycles. The third-order valence-corrected chi connectivity index (χ3v) is 4.27. The molecular weight excluding hydrogens is 252 g/mol. The predicted molar refractivity (Wildman–Crippen MR) is 67.6 cm³/mol. The lowest BCUT2D eigenvalue weighted by molar-refractivity contribution is -0.148. The van der Waals surface area contributed by atoms with Crippen LogP contribution in [0.4, 0.5) is 0 Å². The van der Waals surface area contributed by atoms with Crippen LogP contribution in [0.25, 0.3) is 0 Å². The van der Waals surface area contributed by atoms with Gasteiger partial charge in [-0.3, -0.25) is 4.79 Å². The van der Waals surface area contributed by atoms with E-state index in [1.54, 1.807) is 10.9 Å². The van der Waals surface area contributed by atoms with Gasteiger partial charge in [0.25, 0.3) is 5.91 Å². The largest absolute Gasteiger partial charge is 0.479 e. The number of aliphatic carboxylic acids is 1. The van der Waals surface area contributed by atoms with Crippen LogP contribution in [0.2, 0.25) is 0 Å². The number of carbonyl (C=O) groups is 2. The Kier molecular flexibility index (Phi) is 3.65. The molecule has 6 heteroatoms. The number of hydrogen-bond donors (Lipinski definition) is 2. The Labute approximate surface area is 109 Å². The lowest BCUT2D eigenvalue weighted by Crippen LogP contribution is -2.60. The fraction of sp³-hybridized carbons (Fsp3) is 0.583. The van der Waals surface area contributed by atoms with Crippen LogP contribution in [0.3, 0.4) is 0 Å². The van der Waals surface area contributed by atoms with Crippen LogP contribution in [-0.2, 0) is 4.79 Å². The van der Waals surface area contributed by atoms with E-state index in [0.717, 1.165) is 19.3 Å². The minimum Gasteiger partial charge on any atom is -0.479 e. The molecule has 0 aliphatic heterocycles. The maximum absolute atomic E-state index is 12.0. The van der Waals surface area contributed by atoms with Crippen molar-refractivity contribution >= 4 is 23.2 Å². The predicted octanol–water partition coefficient (Wildman–Crippen LogP) is 1.91. The Bertz CT molecular complexity index is 446. The van der Waals surface area contributed by atoms with Crippen LogP contribution in [0, 0.1) is 5.92 Å². The van der Waals surface area contributed by atoms with Crippen molar-refractivity contribution in [3.63, 3.8) is 0 Å². The van der Waals surface area contributed by atoms with E-state index in [1.807, 2.05) is 6.92 Å². The number of nitrogens with one attached hydrogen (secondary N) is 1. The lowest BCUT2D eigenvalue weighted by atomic mass is 9.73. The number of carbonyl (C=O) groups excluding carboxylic acids is 1. The van der Waals surface area contributed by atoms with Crippen LogP contribution >= 0.6 is 11.3 Å². The molecule has 0 saturated heterocycles. The van der Waals surface area contributed by atoms with Gasteiger partial charge in [-0.15, -0.1) is 11.3 Å². The molecule has 1 amide bonds. The van der Waals surface area contributed by atoms with E-state index in [9.17, 15) is 14.7 Å². The van der Waals surface area contributed by atoms with Gasteiger partial charge in [0.2, 0.25) is 0 Å². The SMILES string of the molecule is CC1CCCCC1(NC(=O)c1cscn1)C(=O)O. The van der Waals surface area contributed by atoms with Gasteiger partial charge >= 0.3 is 5.97 Å². The maximum Gasteiger partial charge on any atom is 0.329 e. The zero-order chi connectivity index (χ0) is 13.2. The smallest absolute Gasteiger partial charge is 0.329 e. The quantitative estimate of drug-likeness (QED) is 0.877. The summed E-state index contributed by atoms with van der Waals surface area (Å²) in [5, 5.41) is 13.8. The molecular formula is C12H16N2O3S. The Balaban J connectivity index is 2.21.